The van der Waals surface area contributed by atoms with Crippen molar-refractivity contribution in [3.8, 4) is 61.3 Å². The third-order valence-corrected chi connectivity index (χ3v) is 12.1. The van der Waals surface area contributed by atoms with Crippen molar-refractivity contribution in [3.05, 3.63) is 224 Å². The lowest BCUT2D eigenvalue weighted by Crippen LogP contribution is -1.98. The van der Waals surface area contributed by atoms with E-state index in [1.54, 1.807) is 0 Å². The Bertz CT molecular complexity index is 3490. The number of nitrogens with zero attached hydrogens (tertiary/aromatic N) is 3. The van der Waals surface area contributed by atoms with E-state index in [0.717, 1.165) is 72.2 Å². The SMILES string of the molecule is c1ccc(-c2cc(-c3ccccc3)cc(-c3ccc4c(c3)c3nc5ccccc5nc3n4-c3cc(-c4ccc5ccccc5c4)cc(-c4ccc5ccccc5c4)c3)c2)cc1. The van der Waals surface area contributed by atoms with Crippen LogP contribution in [0.5, 0.6) is 0 Å². The molecule has 12 aromatic rings. The fourth-order valence-corrected chi connectivity index (χ4v) is 9.00. The highest BCUT2D eigenvalue weighted by Gasteiger charge is 2.19. The highest BCUT2D eigenvalue weighted by atomic mass is 15.1. The lowest BCUT2D eigenvalue weighted by atomic mass is 9.93. The average Bonchev–Trinajstić information content (AvgIpc) is 3.65. The Morgan fingerprint density at radius 2 is 0.705 bits per heavy atom. The smallest absolute Gasteiger partial charge is 0.165 e. The quantitative estimate of drug-likeness (QED) is 0.168. The first-order valence-corrected chi connectivity index (χ1v) is 20.8. The molecule has 0 bridgehead atoms. The summed E-state index contributed by atoms with van der Waals surface area (Å²) in [6, 6.07) is 80.9. The summed E-state index contributed by atoms with van der Waals surface area (Å²) in [7, 11) is 0. The van der Waals surface area contributed by atoms with Gasteiger partial charge in [0.1, 0.15) is 5.52 Å². The fourth-order valence-electron chi connectivity index (χ4n) is 9.00. The Morgan fingerprint density at radius 1 is 0.279 bits per heavy atom. The standard InChI is InChI=1S/C58H37N3/c1-3-13-38(14-4-1)47-31-48(39-15-5-2-6-16-39)33-49(32-47)46-27-28-56-53(37-46)57-58(60-55-22-12-11-21-54(55)59-57)61(56)52-35-50(44-25-23-40-17-7-9-19-42(40)29-44)34-51(36-52)45-26-24-41-18-8-10-20-43(41)30-45/h1-37H. The van der Waals surface area contributed by atoms with Crippen LogP contribution in [-0.4, -0.2) is 14.5 Å². The summed E-state index contributed by atoms with van der Waals surface area (Å²) < 4.78 is 2.32. The molecular weight excluding hydrogens is 739 g/mol. The fraction of sp³-hybridized carbons (Fsp3) is 0. The lowest BCUT2D eigenvalue weighted by molar-refractivity contribution is 1.14. The number of aromatic nitrogens is 3. The first-order chi connectivity index (χ1) is 30.2. The van der Waals surface area contributed by atoms with Gasteiger partial charge in [-0.1, -0.05) is 152 Å². The highest BCUT2D eigenvalue weighted by molar-refractivity contribution is 6.09. The summed E-state index contributed by atoms with van der Waals surface area (Å²) in [6.07, 6.45) is 0. The molecule has 0 unspecified atom stereocenters. The molecule has 0 radical (unpaired) electrons. The molecule has 0 fully saturated rings. The number of hydrogen-bond acceptors (Lipinski definition) is 2. The van der Waals surface area contributed by atoms with E-state index >= 15 is 0 Å². The third-order valence-electron chi connectivity index (χ3n) is 12.1. The number of benzene rings is 10. The number of fused-ring (bicyclic) bond motifs is 6. The molecule has 0 saturated carbocycles. The van der Waals surface area contributed by atoms with Crippen LogP contribution < -0.4 is 0 Å². The Balaban J connectivity index is 1.11. The predicted octanol–water partition coefficient (Wildman–Crippen LogP) is 15.4. The summed E-state index contributed by atoms with van der Waals surface area (Å²) in [6.45, 7) is 0. The monoisotopic (exact) mass is 775 g/mol. The topological polar surface area (TPSA) is 30.7 Å². The number of rotatable bonds is 6. The maximum atomic E-state index is 5.39. The second-order valence-electron chi connectivity index (χ2n) is 15.9. The molecule has 0 amide bonds. The van der Waals surface area contributed by atoms with Crippen molar-refractivity contribution in [1.82, 2.24) is 14.5 Å². The highest BCUT2D eigenvalue weighted by Crippen LogP contribution is 2.40. The van der Waals surface area contributed by atoms with E-state index in [4.69, 9.17) is 9.97 Å². The van der Waals surface area contributed by atoms with Crippen molar-refractivity contribution >= 4 is 54.6 Å². The number of para-hydroxylation sites is 2. The molecule has 0 aliphatic heterocycles. The van der Waals surface area contributed by atoms with Crippen LogP contribution in [0.25, 0.3) is 116 Å². The van der Waals surface area contributed by atoms with E-state index in [1.165, 1.54) is 43.8 Å². The van der Waals surface area contributed by atoms with Gasteiger partial charge in [-0.2, -0.15) is 0 Å². The van der Waals surface area contributed by atoms with Crippen molar-refractivity contribution in [2.24, 2.45) is 0 Å². The molecule has 0 N–H and O–H groups in total. The van der Waals surface area contributed by atoms with E-state index in [0.29, 0.717) is 0 Å². The summed E-state index contributed by atoms with van der Waals surface area (Å²) in [5.41, 5.74) is 17.1. The van der Waals surface area contributed by atoms with Crippen LogP contribution >= 0.6 is 0 Å². The summed E-state index contributed by atoms with van der Waals surface area (Å²) >= 11 is 0. The minimum absolute atomic E-state index is 0.828. The van der Waals surface area contributed by atoms with Gasteiger partial charge in [-0.25, -0.2) is 9.97 Å². The molecule has 2 heterocycles. The molecule has 10 aromatic carbocycles. The van der Waals surface area contributed by atoms with Crippen molar-refractivity contribution in [2.45, 2.75) is 0 Å². The van der Waals surface area contributed by atoms with Crippen LogP contribution in [0.15, 0.2) is 224 Å². The molecule has 2 aromatic heterocycles. The van der Waals surface area contributed by atoms with E-state index in [-0.39, 0.29) is 0 Å². The minimum atomic E-state index is 0.828. The zero-order valence-corrected chi connectivity index (χ0v) is 33.2. The molecular formula is C58H37N3. The van der Waals surface area contributed by atoms with Gasteiger partial charge in [-0.15, -0.1) is 0 Å². The Labute approximate surface area is 353 Å². The number of hydrogen-bond donors (Lipinski definition) is 0. The van der Waals surface area contributed by atoms with E-state index in [2.05, 4.69) is 217 Å². The van der Waals surface area contributed by atoms with Crippen LogP contribution in [0, 0.1) is 0 Å². The third kappa shape index (κ3) is 6.23. The van der Waals surface area contributed by atoms with Crippen LogP contribution in [0.4, 0.5) is 0 Å². The molecule has 0 aliphatic carbocycles. The molecule has 3 nitrogen and oxygen atoms in total. The summed E-state index contributed by atoms with van der Waals surface area (Å²) in [5, 5.41) is 5.93. The van der Waals surface area contributed by atoms with Crippen molar-refractivity contribution < 1.29 is 0 Å². The van der Waals surface area contributed by atoms with Gasteiger partial charge in [-0.3, -0.25) is 4.57 Å². The van der Waals surface area contributed by atoms with E-state index < -0.39 is 0 Å². The Hall–Kier alpha value is -8.14. The zero-order chi connectivity index (χ0) is 40.3. The van der Waals surface area contributed by atoms with Crippen LogP contribution in [0.2, 0.25) is 0 Å². The van der Waals surface area contributed by atoms with Crippen LogP contribution in [0.1, 0.15) is 0 Å². The predicted molar refractivity (Wildman–Crippen MR) is 256 cm³/mol. The Morgan fingerprint density at radius 3 is 1.26 bits per heavy atom. The largest absolute Gasteiger partial charge is 0.292 e. The average molecular weight is 776 g/mol. The Kier molecular flexibility index (Phi) is 8.17. The summed E-state index contributed by atoms with van der Waals surface area (Å²) in [4.78, 5) is 10.8. The second kappa shape index (κ2) is 14.3. The van der Waals surface area contributed by atoms with Gasteiger partial charge in [0.15, 0.2) is 5.65 Å². The molecule has 0 spiro atoms. The molecule has 0 atom stereocenters. The lowest BCUT2D eigenvalue weighted by Gasteiger charge is -2.15. The molecule has 3 heteroatoms. The van der Waals surface area contributed by atoms with Crippen LogP contribution in [-0.2, 0) is 0 Å². The van der Waals surface area contributed by atoms with Crippen molar-refractivity contribution in [2.75, 3.05) is 0 Å². The van der Waals surface area contributed by atoms with Gasteiger partial charge in [0.05, 0.1) is 16.6 Å². The zero-order valence-electron chi connectivity index (χ0n) is 33.2. The molecule has 284 valence electrons. The van der Waals surface area contributed by atoms with Gasteiger partial charge in [0.2, 0.25) is 0 Å². The van der Waals surface area contributed by atoms with Crippen LogP contribution in [0.3, 0.4) is 0 Å². The van der Waals surface area contributed by atoms with Gasteiger partial charge in [-0.05, 0) is 150 Å². The van der Waals surface area contributed by atoms with E-state index in [9.17, 15) is 0 Å². The van der Waals surface area contributed by atoms with Crippen molar-refractivity contribution in [1.29, 1.82) is 0 Å². The second-order valence-corrected chi connectivity index (χ2v) is 15.9. The van der Waals surface area contributed by atoms with Gasteiger partial charge in [0.25, 0.3) is 0 Å². The maximum absolute atomic E-state index is 5.39. The normalized spacial score (nSPS) is 11.6. The van der Waals surface area contributed by atoms with Gasteiger partial charge >= 0.3 is 0 Å². The molecule has 12 rings (SSSR count). The maximum Gasteiger partial charge on any atom is 0.165 e. The van der Waals surface area contributed by atoms with E-state index in [1.807, 2.05) is 12.1 Å². The first-order valence-electron chi connectivity index (χ1n) is 20.8. The summed E-state index contributed by atoms with van der Waals surface area (Å²) in [5.74, 6) is 0. The van der Waals surface area contributed by atoms with Crippen molar-refractivity contribution in [3.63, 3.8) is 0 Å². The molecule has 0 saturated heterocycles. The molecule has 61 heavy (non-hydrogen) atoms. The minimum Gasteiger partial charge on any atom is -0.292 e. The van der Waals surface area contributed by atoms with Gasteiger partial charge < -0.3 is 0 Å². The van der Waals surface area contributed by atoms with Gasteiger partial charge in [0, 0.05) is 11.1 Å². The first kappa shape index (κ1) is 34.9. The molecule has 0 aliphatic rings.